The number of rotatable bonds is 4. The first kappa shape index (κ1) is 15.4. The predicted molar refractivity (Wildman–Crippen MR) is 78.4 cm³/mol. The van der Waals surface area contributed by atoms with Crippen LogP contribution in [0.1, 0.15) is 24.5 Å². The molecule has 1 fully saturated rings. The zero-order valence-corrected chi connectivity index (χ0v) is 12.7. The molecule has 0 saturated carbocycles. The van der Waals surface area contributed by atoms with Gasteiger partial charge in [0, 0.05) is 13.1 Å². The number of hydrogen-bond donors (Lipinski definition) is 1. The first-order valence-electron chi connectivity index (χ1n) is 7.03. The van der Waals surface area contributed by atoms with E-state index < -0.39 is 11.4 Å². The molecule has 1 aliphatic heterocycles. The number of benzene rings is 1. The van der Waals surface area contributed by atoms with E-state index >= 15 is 0 Å². The minimum Gasteiger partial charge on any atom is -0.484 e. The van der Waals surface area contributed by atoms with Gasteiger partial charge in [-0.25, -0.2) is 0 Å². The van der Waals surface area contributed by atoms with Gasteiger partial charge in [-0.05, 0) is 50.5 Å². The Kier molecular flexibility index (Phi) is 4.21. The van der Waals surface area contributed by atoms with Crippen molar-refractivity contribution in [3.8, 4) is 5.75 Å². The molecular formula is C16H21NO4. The second-order valence-electron chi connectivity index (χ2n) is 5.97. The van der Waals surface area contributed by atoms with Crippen LogP contribution in [-0.2, 0) is 9.59 Å². The summed E-state index contributed by atoms with van der Waals surface area (Å²) >= 11 is 0. The van der Waals surface area contributed by atoms with Crippen molar-refractivity contribution in [2.75, 3.05) is 19.7 Å². The van der Waals surface area contributed by atoms with E-state index in [0.717, 1.165) is 5.56 Å². The molecule has 2 rings (SSSR count). The fraction of sp³-hybridized carbons (Fsp3) is 0.500. The molecule has 1 atom stereocenters. The van der Waals surface area contributed by atoms with Crippen LogP contribution in [0.5, 0.6) is 5.75 Å². The second-order valence-corrected chi connectivity index (χ2v) is 5.97. The summed E-state index contributed by atoms with van der Waals surface area (Å²) < 4.78 is 5.51. The van der Waals surface area contributed by atoms with Gasteiger partial charge in [0.15, 0.2) is 6.61 Å². The lowest BCUT2D eigenvalue weighted by molar-refractivity contribution is -0.147. The van der Waals surface area contributed by atoms with Gasteiger partial charge in [0.05, 0.1) is 5.41 Å². The van der Waals surface area contributed by atoms with Crippen LogP contribution in [0, 0.1) is 19.3 Å². The maximum Gasteiger partial charge on any atom is 0.311 e. The van der Waals surface area contributed by atoms with Crippen molar-refractivity contribution in [3.05, 3.63) is 29.3 Å². The highest BCUT2D eigenvalue weighted by atomic mass is 16.5. The number of carbonyl (C=O) groups is 2. The lowest BCUT2D eigenvalue weighted by Crippen LogP contribution is -2.37. The van der Waals surface area contributed by atoms with Crippen LogP contribution in [0.4, 0.5) is 0 Å². The topological polar surface area (TPSA) is 66.8 Å². The minimum atomic E-state index is -0.854. The highest BCUT2D eigenvalue weighted by molar-refractivity contribution is 5.81. The number of hydrogen-bond acceptors (Lipinski definition) is 3. The lowest BCUT2D eigenvalue weighted by Gasteiger charge is -2.20. The minimum absolute atomic E-state index is 0.0573. The van der Waals surface area contributed by atoms with Crippen molar-refractivity contribution in [2.24, 2.45) is 5.41 Å². The zero-order chi connectivity index (χ0) is 15.6. The fourth-order valence-corrected chi connectivity index (χ4v) is 2.39. The molecule has 1 aliphatic rings. The summed E-state index contributed by atoms with van der Waals surface area (Å²) in [5, 5.41) is 9.17. The zero-order valence-electron chi connectivity index (χ0n) is 12.7. The van der Waals surface area contributed by atoms with Gasteiger partial charge in [-0.15, -0.1) is 0 Å². The van der Waals surface area contributed by atoms with E-state index in [0.29, 0.717) is 18.7 Å². The van der Waals surface area contributed by atoms with Gasteiger partial charge in [0.25, 0.3) is 5.91 Å². The molecule has 1 N–H and O–H groups in total. The van der Waals surface area contributed by atoms with Crippen molar-refractivity contribution in [2.45, 2.75) is 27.2 Å². The average Bonchev–Trinajstić information content (AvgIpc) is 2.84. The van der Waals surface area contributed by atoms with Gasteiger partial charge in [-0.1, -0.05) is 6.07 Å². The number of carboxylic acid groups (broad SMARTS) is 1. The quantitative estimate of drug-likeness (QED) is 0.921. The Morgan fingerprint density at radius 2 is 2.05 bits per heavy atom. The number of aryl methyl sites for hydroxylation is 2. The lowest BCUT2D eigenvalue weighted by atomic mass is 9.90. The molecule has 0 spiro atoms. The second kappa shape index (κ2) is 5.76. The van der Waals surface area contributed by atoms with Crippen LogP contribution in [0.25, 0.3) is 0 Å². The molecular weight excluding hydrogens is 270 g/mol. The van der Waals surface area contributed by atoms with Crippen LogP contribution >= 0.6 is 0 Å². The largest absolute Gasteiger partial charge is 0.484 e. The van der Waals surface area contributed by atoms with E-state index in [4.69, 9.17) is 9.84 Å². The van der Waals surface area contributed by atoms with Crippen LogP contribution < -0.4 is 4.74 Å². The molecule has 5 nitrogen and oxygen atoms in total. The van der Waals surface area contributed by atoms with Crippen LogP contribution in [0.2, 0.25) is 0 Å². The standard InChI is InChI=1S/C16H21NO4/c1-11-4-5-13(8-12(11)2)21-9-14(18)17-7-6-16(3,10-17)15(19)20/h4-5,8H,6-7,9-10H2,1-3H3,(H,19,20). The number of amides is 1. The number of likely N-dealkylation sites (tertiary alicyclic amines) is 1. The van der Waals surface area contributed by atoms with E-state index in [1.165, 1.54) is 5.56 Å². The molecule has 0 aliphatic carbocycles. The molecule has 1 aromatic carbocycles. The Hall–Kier alpha value is -2.04. The Balaban J connectivity index is 1.91. The molecule has 1 unspecified atom stereocenters. The van der Waals surface area contributed by atoms with Gasteiger partial charge in [0.1, 0.15) is 5.75 Å². The molecule has 1 aromatic rings. The van der Waals surface area contributed by atoms with Crippen molar-refractivity contribution in [1.29, 1.82) is 0 Å². The Labute approximate surface area is 124 Å². The van der Waals surface area contributed by atoms with Crippen LogP contribution in [0.3, 0.4) is 0 Å². The van der Waals surface area contributed by atoms with Crippen molar-refractivity contribution >= 4 is 11.9 Å². The summed E-state index contributed by atoms with van der Waals surface area (Å²) in [7, 11) is 0. The van der Waals surface area contributed by atoms with E-state index in [9.17, 15) is 9.59 Å². The van der Waals surface area contributed by atoms with Crippen molar-refractivity contribution in [1.82, 2.24) is 4.90 Å². The Morgan fingerprint density at radius 1 is 1.33 bits per heavy atom. The first-order valence-corrected chi connectivity index (χ1v) is 7.03. The summed E-state index contributed by atoms with van der Waals surface area (Å²) in [6.45, 7) is 6.34. The molecule has 1 heterocycles. The number of aliphatic carboxylic acids is 1. The van der Waals surface area contributed by atoms with Gasteiger partial charge < -0.3 is 14.7 Å². The monoisotopic (exact) mass is 291 g/mol. The average molecular weight is 291 g/mol. The molecule has 114 valence electrons. The SMILES string of the molecule is Cc1ccc(OCC(=O)N2CCC(C)(C(=O)O)C2)cc1C. The first-order chi connectivity index (χ1) is 9.82. The Morgan fingerprint density at radius 3 is 2.62 bits per heavy atom. The molecule has 1 saturated heterocycles. The normalized spacial score (nSPS) is 21.4. The summed E-state index contributed by atoms with van der Waals surface area (Å²) in [4.78, 5) is 24.8. The van der Waals surface area contributed by atoms with E-state index in [1.807, 2.05) is 32.0 Å². The smallest absolute Gasteiger partial charge is 0.311 e. The predicted octanol–water partition coefficient (Wildman–Crippen LogP) is 2.01. The summed E-state index contributed by atoms with van der Waals surface area (Å²) in [6.07, 6.45) is 0.484. The summed E-state index contributed by atoms with van der Waals surface area (Å²) in [5.74, 6) is -0.363. The number of nitrogens with zero attached hydrogens (tertiary/aromatic N) is 1. The number of ether oxygens (including phenoxy) is 1. The van der Waals surface area contributed by atoms with Gasteiger partial charge in [-0.2, -0.15) is 0 Å². The van der Waals surface area contributed by atoms with Gasteiger partial charge in [-0.3, -0.25) is 9.59 Å². The third-order valence-electron chi connectivity index (χ3n) is 4.18. The third kappa shape index (κ3) is 3.35. The van der Waals surface area contributed by atoms with Crippen LogP contribution in [-0.4, -0.2) is 41.6 Å². The number of carbonyl (C=O) groups excluding carboxylic acids is 1. The van der Waals surface area contributed by atoms with E-state index in [1.54, 1.807) is 11.8 Å². The highest BCUT2D eigenvalue weighted by Gasteiger charge is 2.42. The van der Waals surface area contributed by atoms with Crippen molar-refractivity contribution < 1.29 is 19.4 Å². The summed E-state index contributed by atoms with van der Waals surface area (Å²) in [6, 6.07) is 5.68. The van der Waals surface area contributed by atoms with Gasteiger partial charge >= 0.3 is 5.97 Å². The van der Waals surface area contributed by atoms with Crippen LogP contribution in [0.15, 0.2) is 18.2 Å². The molecule has 0 radical (unpaired) electrons. The molecule has 0 bridgehead atoms. The Bertz CT molecular complexity index is 569. The maximum atomic E-state index is 12.1. The van der Waals surface area contributed by atoms with Gasteiger partial charge in [0.2, 0.25) is 0 Å². The third-order valence-corrected chi connectivity index (χ3v) is 4.18. The molecule has 5 heteroatoms. The molecule has 0 aromatic heterocycles. The van der Waals surface area contributed by atoms with E-state index in [2.05, 4.69) is 0 Å². The van der Waals surface area contributed by atoms with Crippen molar-refractivity contribution in [3.63, 3.8) is 0 Å². The molecule has 21 heavy (non-hydrogen) atoms. The highest BCUT2D eigenvalue weighted by Crippen LogP contribution is 2.30. The molecule has 1 amide bonds. The summed E-state index contributed by atoms with van der Waals surface area (Å²) in [5.41, 5.74) is 1.45. The van der Waals surface area contributed by atoms with E-state index in [-0.39, 0.29) is 19.1 Å². The maximum absolute atomic E-state index is 12.1. The number of carboxylic acids is 1. The fourth-order valence-electron chi connectivity index (χ4n) is 2.39.